The lowest BCUT2D eigenvalue weighted by Crippen LogP contribution is -2.14. The average molecular weight is 504 g/mol. The van der Waals surface area contributed by atoms with E-state index in [1.807, 2.05) is 68.4 Å². The number of benzene rings is 3. The molecule has 1 aromatic heterocycles. The topological polar surface area (TPSA) is 71.1 Å². The Labute approximate surface area is 214 Å². The number of aryl methyl sites for hydroxylation is 2. The van der Waals surface area contributed by atoms with Crippen LogP contribution >= 0.6 is 23.1 Å². The first kappa shape index (κ1) is 24.9. The Hall–Kier alpha value is -3.16. The molecule has 0 saturated carbocycles. The van der Waals surface area contributed by atoms with E-state index in [0.717, 1.165) is 37.1 Å². The summed E-state index contributed by atoms with van der Waals surface area (Å²) in [7, 11) is 0. The first-order valence-corrected chi connectivity index (χ1v) is 13.2. The van der Waals surface area contributed by atoms with Crippen molar-refractivity contribution < 1.29 is 9.59 Å². The fourth-order valence-electron chi connectivity index (χ4n) is 3.74. The molecule has 0 aliphatic heterocycles. The number of hydrogen-bond donors (Lipinski definition) is 2. The molecule has 0 bridgehead atoms. The minimum absolute atomic E-state index is 0.0439. The van der Waals surface area contributed by atoms with E-state index in [0.29, 0.717) is 5.56 Å². The lowest BCUT2D eigenvalue weighted by molar-refractivity contribution is -0.113. The predicted octanol–water partition coefficient (Wildman–Crippen LogP) is 7.19. The molecule has 4 rings (SSSR count). The molecule has 2 amide bonds. The van der Waals surface area contributed by atoms with Crippen molar-refractivity contribution >= 4 is 56.5 Å². The van der Waals surface area contributed by atoms with Gasteiger partial charge < -0.3 is 10.6 Å². The van der Waals surface area contributed by atoms with Gasteiger partial charge in [-0.05, 0) is 78.4 Å². The van der Waals surface area contributed by atoms with E-state index < -0.39 is 0 Å². The largest absolute Gasteiger partial charge is 0.325 e. The molecule has 180 valence electrons. The Morgan fingerprint density at radius 1 is 0.886 bits per heavy atom. The third-order valence-electron chi connectivity index (χ3n) is 5.47. The highest BCUT2D eigenvalue weighted by Crippen LogP contribution is 2.31. The Balaban J connectivity index is 1.38. The molecule has 0 unspecified atom stereocenters. The smallest absolute Gasteiger partial charge is 0.255 e. The third kappa shape index (κ3) is 6.50. The van der Waals surface area contributed by atoms with Crippen LogP contribution in [0.1, 0.15) is 47.8 Å². The van der Waals surface area contributed by atoms with Crippen LogP contribution in [0, 0.1) is 13.8 Å². The van der Waals surface area contributed by atoms with Gasteiger partial charge in [0.1, 0.15) is 0 Å². The molecule has 0 saturated heterocycles. The van der Waals surface area contributed by atoms with Crippen LogP contribution in [0.4, 0.5) is 11.4 Å². The fourth-order valence-corrected chi connectivity index (χ4v) is 5.65. The zero-order chi connectivity index (χ0) is 25.2. The maximum Gasteiger partial charge on any atom is 0.255 e. The van der Waals surface area contributed by atoms with Gasteiger partial charge in [-0.1, -0.05) is 50.7 Å². The fraction of sp³-hybridized carbons (Fsp3) is 0.250. The van der Waals surface area contributed by atoms with Crippen LogP contribution in [-0.4, -0.2) is 22.6 Å². The summed E-state index contributed by atoms with van der Waals surface area (Å²) in [6.07, 6.45) is 0. The second-order valence-corrected chi connectivity index (χ2v) is 11.9. The van der Waals surface area contributed by atoms with E-state index in [1.54, 1.807) is 0 Å². The summed E-state index contributed by atoms with van der Waals surface area (Å²) in [6.45, 7) is 10.5. The number of carbonyl (C=O) groups excluding carboxylic acids is 2. The van der Waals surface area contributed by atoms with Gasteiger partial charge in [-0.15, -0.1) is 11.3 Å². The molecule has 3 aromatic carbocycles. The Morgan fingerprint density at radius 3 is 2.23 bits per heavy atom. The number of hydrogen-bond acceptors (Lipinski definition) is 5. The number of carbonyl (C=O) groups is 2. The molecule has 4 aromatic rings. The predicted molar refractivity (Wildman–Crippen MR) is 148 cm³/mol. The van der Waals surface area contributed by atoms with Gasteiger partial charge in [0.25, 0.3) is 5.91 Å². The number of rotatable bonds is 6. The van der Waals surface area contributed by atoms with Crippen molar-refractivity contribution in [3.63, 3.8) is 0 Å². The van der Waals surface area contributed by atoms with E-state index in [9.17, 15) is 9.59 Å². The molecule has 0 atom stereocenters. The van der Waals surface area contributed by atoms with E-state index in [1.165, 1.54) is 28.7 Å². The molecule has 0 fully saturated rings. The van der Waals surface area contributed by atoms with Crippen LogP contribution in [0.3, 0.4) is 0 Å². The maximum absolute atomic E-state index is 12.7. The molecular formula is C28H29N3O2S2. The molecular weight excluding hydrogens is 474 g/mol. The molecule has 5 nitrogen and oxygen atoms in total. The van der Waals surface area contributed by atoms with Crippen molar-refractivity contribution in [3.8, 4) is 0 Å². The minimum Gasteiger partial charge on any atom is -0.325 e. The van der Waals surface area contributed by atoms with Gasteiger partial charge >= 0.3 is 0 Å². The molecule has 0 spiro atoms. The summed E-state index contributed by atoms with van der Waals surface area (Å²) in [4.78, 5) is 29.7. The normalized spacial score (nSPS) is 11.5. The van der Waals surface area contributed by atoms with Gasteiger partial charge in [0.15, 0.2) is 4.34 Å². The monoisotopic (exact) mass is 503 g/mol. The SMILES string of the molecule is Cc1cc(C)cc(NC(=O)CSc2nc3ccc(NC(=O)c4ccc(C(C)(C)C)cc4)cc3s2)c1. The van der Waals surface area contributed by atoms with E-state index in [-0.39, 0.29) is 23.0 Å². The van der Waals surface area contributed by atoms with Crippen LogP contribution < -0.4 is 10.6 Å². The zero-order valence-electron chi connectivity index (χ0n) is 20.6. The molecule has 7 heteroatoms. The standard InChI is InChI=1S/C28H29N3O2S2/c1-17-12-18(2)14-22(13-17)29-25(32)16-34-27-31-23-11-10-21(15-24(23)35-27)30-26(33)19-6-8-20(9-7-19)28(3,4)5/h6-15H,16H2,1-5H3,(H,29,32)(H,30,33). The van der Waals surface area contributed by atoms with Gasteiger partial charge in [0, 0.05) is 16.9 Å². The number of anilines is 2. The molecule has 2 N–H and O–H groups in total. The number of thioether (sulfide) groups is 1. The number of amides is 2. The van der Waals surface area contributed by atoms with Crippen molar-refractivity contribution in [2.24, 2.45) is 0 Å². The first-order valence-electron chi connectivity index (χ1n) is 11.4. The van der Waals surface area contributed by atoms with Crippen LogP contribution in [0.2, 0.25) is 0 Å². The summed E-state index contributed by atoms with van der Waals surface area (Å²) in [5.74, 6) is 0.0673. The second kappa shape index (κ2) is 10.2. The second-order valence-electron chi connectivity index (χ2n) is 9.66. The van der Waals surface area contributed by atoms with E-state index in [2.05, 4.69) is 42.5 Å². The van der Waals surface area contributed by atoms with Crippen molar-refractivity contribution in [3.05, 3.63) is 82.9 Å². The summed E-state index contributed by atoms with van der Waals surface area (Å²) >= 11 is 2.92. The van der Waals surface area contributed by atoms with Gasteiger partial charge in [0.05, 0.1) is 16.0 Å². The van der Waals surface area contributed by atoms with Gasteiger partial charge in [-0.25, -0.2) is 4.98 Å². The van der Waals surface area contributed by atoms with Crippen LogP contribution in [0.15, 0.2) is 65.0 Å². The molecule has 1 heterocycles. The van der Waals surface area contributed by atoms with Crippen molar-refractivity contribution in [2.45, 2.75) is 44.4 Å². The van der Waals surface area contributed by atoms with Crippen LogP contribution in [0.5, 0.6) is 0 Å². The zero-order valence-corrected chi connectivity index (χ0v) is 22.2. The molecule has 0 aliphatic rings. The highest BCUT2D eigenvalue weighted by Gasteiger charge is 2.15. The quantitative estimate of drug-likeness (QED) is 0.273. The van der Waals surface area contributed by atoms with Crippen molar-refractivity contribution in [1.82, 2.24) is 4.98 Å². The number of aromatic nitrogens is 1. The number of nitrogens with zero attached hydrogens (tertiary/aromatic N) is 1. The van der Waals surface area contributed by atoms with Gasteiger partial charge in [-0.2, -0.15) is 0 Å². The summed E-state index contributed by atoms with van der Waals surface area (Å²) in [5, 5.41) is 5.93. The maximum atomic E-state index is 12.7. The highest BCUT2D eigenvalue weighted by molar-refractivity contribution is 8.01. The first-order chi connectivity index (χ1) is 16.6. The van der Waals surface area contributed by atoms with Gasteiger partial charge in [-0.3, -0.25) is 9.59 Å². The summed E-state index contributed by atoms with van der Waals surface area (Å²) < 4.78 is 1.78. The summed E-state index contributed by atoms with van der Waals surface area (Å²) in [5.41, 5.74) is 6.46. The number of nitrogens with one attached hydrogen (secondary N) is 2. The third-order valence-corrected chi connectivity index (χ3v) is 7.63. The molecule has 0 aliphatic carbocycles. The lowest BCUT2D eigenvalue weighted by Gasteiger charge is -2.19. The summed E-state index contributed by atoms with van der Waals surface area (Å²) in [6, 6.07) is 19.4. The highest BCUT2D eigenvalue weighted by atomic mass is 32.2. The lowest BCUT2D eigenvalue weighted by atomic mass is 9.87. The minimum atomic E-state index is -0.146. The van der Waals surface area contributed by atoms with Crippen molar-refractivity contribution in [2.75, 3.05) is 16.4 Å². The Kier molecular flexibility index (Phi) is 7.28. The van der Waals surface area contributed by atoms with E-state index >= 15 is 0 Å². The van der Waals surface area contributed by atoms with E-state index in [4.69, 9.17) is 0 Å². The van der Waals surface area contributed by atoms with Crippen LogP contribution in [-0.2, 0) is 10.2 Å². The average Bonchev–Trinajstić information content (AvgIpc) is 3.19. The van der Waals surface area contributed by atoms with Gasteiger partial charge in [0.2, 0.25) is 5.91 Å². The Morgan fingerprint density at radius 2 is 1.57 bits per heavy atom. The van der Waals surface area contributed by atoms with Crippen molar-refractivity contribution in [1.29, 1.82) is 0 Å². The molecule has 0 radical (unpaired) electrons. The van der Waals surface area contributed by atoms with Crippen LogP contribution in [0.25, 0.3) is 10.2 Å². The Bertz CT molecular complexity index is 1370. The number of fused-ring (bicyclic) bond motifs is 1. The number of thiazole rings is 1. The molecule has 35 heavy (non-hydrogen) atoms.